The Labute approximate surface area is 185 Å². The molecule has 1 fully saturated rings. The maximum atomic E-state index is 12.7. The quantitative estimate of drug-likeness (QED) is 0.313. The Bertz CT molecular complexity index is 1230. The minimum absolute atomic E-state index is 0.0603. The van der Waals surface area contributed by atoms with Crippen LogP contribution in [0.5, 0.6) is 5.75 Å². The highest BCUT2D eigenvalue weighted by Crippen LogP contribution is 2.22. The smallest absolute Gasteiger partial charge is 0.249 e. The second-order valence-electron chi connectivity index (χ2n) is 7.67. The van der Waals surface area contributed by atoms with Crippen molar-refractivity contribution < 1.29 is 23.2 Å². The lowest BCUT2D eigenvalue weighted by atomic mass is 10.0. The topological polar surface area (TPSA) is 130 Å². The summed E-state index contributed by atoms with van der Waals surface area (Å²) >= 11 is 0. The first kappa shape index (κ1) is 22.2. The van der Waals surface area contributed by atoms with Gasteiger partial charge >= 0.3 is 0 Å². The molecular weight excluding hydrogens is 432 g/mol. The monoisotopic (exact) mass is 456 g/mol. The standard InChI is InChI=1S/C22H24N4O5S/c1-14-10-15(18-4-2-3-5-20(18)24-14)13-31-16-6-8-17(9-7-16)32(29,30)26-21-12-23-11-19(21)22(27)25-28/h2-10,19,21,23,26,28H,11-13H2,1H3,(H,25,27). The van der Waals surface area contributed by atoms with E-state index in [1.807, 2.05) is 37.3 Å². The molecule has 0 saturated carbocycles. The van der Waals surface area contributed by atoms with Gasteiger partial charge in [0.15, 0.2) is 0 Å². The minimum atomic E-state index is -3.85. The summed E-state index contributed by atoms with van der Waals surface area (Å²) in [6.45, 7) is 2.81. The fourth-order valence-corrected chi connectivity index (χ4v) is 5.10. The summed E-state index contributed by atoms with van der Waals surface area (Å²) in [5, 5.41) is 12.8. The molecule has 168 valence electrons. The maximum absolute atomic E-state index is 12.7. The van der Waals surface area contributed by atoms with Crippen LogP contribution in [0.2, 0.25) is 0 Å². The van der Waals surface area contributed by atoms with Gasteiger partial charge in [0.05, 0.1) is 16.3 Å². The molecule has 9 nitrogen and oxygen atoms in total. The fourth-order valence-electron chi connectivity index (χ4n) is 3.82. The molecule has 1 aliphatic heterocycles. The van der Waals surface area contributed by atoms with Crippen molar-refractivity contribution in [1.82, 2.24) is 20.5 Å². The van der Waals surface area contributed by atoms with Gasteiger partial charge in [0.1, 0.15) is 12.4 Å². The number of hydrogen-bond donors (Lipinski definition) is 4. The van der Waals surface area contributed by atoms with E-state index in [1.54, 1.807) is 17.6 Å². The van der Waals surface area contributed by atoms with E-state index in [4.69, 9.17) is 9.94 Å². The molecule has 1 aliphatic rings. The predicted molar refractivity (Wildman–Crippen MR) is 118 cm³/mol. The minimum Gasteiger partial charge on any atom is -0.489 e. The highest BCUT2D eigenvalue weighted by atomic mass is 32.2. The number of carbonyl (C=O) groups excluding carboxylic acids is 1. The number of ether oxygens (including phenoxy) is 1. The summed E-state index contributed by atoms with van der Waals surface area (Å²) in [4.78, 5) is 16.3. The molecule has 1 aromatic heterocycles. The zero-order chi connectivity index (χ0) is 22.7. The van der Waals surface area contributed by atoms with E-state index in [0.29, 0.717) is 12.4 Å². The number of nitrogens with zero attached hydrogens (tertiary/aromatic N) is 1. The predicted octanol–water partition coefficient (Wildman–Crippen LogP) is 1.49. The van der Waals surface area contributed by atoms with Gasteiger partial charge in [-0.25, -0.2) is 18.6 Å². The molecule has 4 rings (SSSR count). The third kappa shape index (κ3) is 4.73. The van der Waals surface area contributed by atoms with Gasteiger partial charge in [0.25, 0.3) is 0 Å². The van der Waals surface area contributed by atoms with Crippen LogP contribution in [0, 0.1) is 12.8 Å². The Balaban J connectivity index is 1.45. The number of carbonyl (C=O) groups is 1. The number of amides is 1. The van der Waals surface area contributed by atoms with Crippen molar-refractivity contribution in [3.8, 4) is 5.75 Å². The normalized spacial score (nSPS) is 18.6. The van der Waals surface area contributed by atoms with E-state index in [0.717, 1.165) is 22.2 Å². The van der Waals surface area contributed by atoms with Crippen LogP contribution < -0.4 is 20.3 Å². The van der Waals surface area contributed by atoms with Crippen LogP contribution in [0.3, 0.4) is 0 Å². The zero-order valence-corrected chi connectivity index (χ0v) is 18.2. The van der Waals surface area contributed by atoms with Gasteiger partial charge in [-0.3, -0.25) is 15.0 Å². The lowest BCUT2D eigenvalue weighted by Crippen LogP contribution is -2.45. The molecule has 1 amide bonds. The third-order valence-electron chi connectivity index (χ3n) is 5.43. The number of aromatic nitrogens is 1. The van der Waals surface area contributed by atoms with E-state index in [2.05, 4.69) is 15.0 Å². The van der Waals surface area contributed by atoms with Crippen LogP contribution in [0.15, 0.2) is 59.5 Å². The van der Waals surface area contributed by atoms with Crippen LogP contribution in [0.1, 0.15) is 11.3 Å². The lowest BCUT2D eigenvalue weighted by molar-refractivity contribution is -0.133. The molecule has 2 aromatic carbocycles. The van der Waals surface area contributed by atoms with E-state index in [1.165, 1.54) is 12.1 Å². The Morgan fingerprint density at radius 3 is 2.69 bits per heavy atom. The highest BCUT2D eigenvalue weighted by Gasteiger charge is 2.35. The molecule has 2 heterocycles. The first-order valence-electron chi connectivity index (χ1n) is 10.1. The Hall–Kier alpha value is -3.05. The average Bonchev–Trinajstić information content (AvgIpc) is 3.24. The summed E-state index contributed by atoms with van der Waals surface area (Å²) in [5.74, 6) is -0.802. The van der Waals surface area contributed by atoms with Crippen molar-refractivity contribution >= 4 is 26.8 Å². The summed E-state index contributed by atoms with van der Waals surface area (Å²) in [6, 6.07) is 15.2. The molecule has 0 radical (unpaired) electrons. The number of rotatable bonds is 7. The number of hydrogen-bond acceptors (Lipinski definition) is 7. The van der Waals surface area contributed by atoms with Crippen LogP contribution in [-0.4, -0.2) is 43.6 Å². The molecule has 3 aromatic rings. The van der Waals surface area contributed by atoms with Gasteiger partial charge in [-0.05, 0) is 43.3 Å². The molecule has 2 unspecified atom stereocenters. The second kappa shape index (κ2) is 9.21. The van der Waals surface area contributed by atoms with E-state index in [9.17, 15) is 13.2 Å². The van der Waals surface area contributed by atoms with Gasteiger partial charge in [-0.2, -0.15) is 0 Å². The number of para-hydroxylation sites is 1. The van der Waals surface area contributed by atoms with Gasteiger partial charge in [-0.15, -0.1) is 0 Å². The summed E-state index contributed by atoms with van der Waals surface area (Å²) < 4.78 is 33.9. The highest BCUT2D eigenvalue weighted by molar-refractivity contribution is 7.89. The van der Waals surface area contributed by atoms with Crippen LogP contribution >= 0.6 is 0 Å². The van der Waals surface area contributed by atoms with E-state index < -0.39 is 27.9 Å². The van der Waals surface area contributed by atoms with Crippen LogP contribution in [-0.2, 0) is 21.4 Å². The third-order valence-corrected chi connectivity index (χ3v) is 6.93. The molecule has 32 heavy (non-hydrogen) atoms. The molecule has 4 N–H and O–H groups in total. The first-order valence-corrected chi connectivity index (χ1v) is 11.6. The Morgan fingerprint density at radius 1 is 1.19 bits per heavy atom. The molecule has 10 heteroatoms. The maximum Gasteiger partial charge on any atom is 0.249 e. The fraction of sp³-hybridized carbons (Fsp3) is 0.273. The Kier molecular flexibility index (Phi) is 6.38. The van der Waals surface area contributed by atoms with Crippen molar-refractivity contribution in [2.24, 2.45) is 5.92 Å². The van der Waals surface area contributed by atoms with Gasteiger partial charge in [0.2, 0.25) is 15.9 Å². The van der Waals surface area contributed by atoms with Gasteiger partial charge in [-0.1, -0.05) is 18.2 Å². The SMILES string of the molecule is Cc1cc(COc2ccc(S(=O)(=O)NC3CNCC3C(=O)NO)cc2)c2ccccc2n1. The lowest BCUT2D eigenvalue weighted by Gasteiger charge is -2.18. The number of nitrogens with one attached hydrogen (secondary N) is 3. The second-order valence-corrected chi connectivity index (χ2v) is 9.38. The molecule has 1 saturated heterocycles. The Morgan fingerprint density at radius 2 is 1.94 bits per heavy atom. The number of fused-ring (bicyclic) bond motifs is 1. The number of aryl methyl sites for hydroxylation is 1. The summed E-state index contributed by atoms with van der Waals surface area (Å²) in [7, 11) is -3.85. The average molecular weight is 457 g/mol. The molecular formula is C22H24N4O5S. The van der Waals surface area contributed by atoms with Crippen molar-refractivity contribution in [3.63, 3.8) is 0 Å². The number of sulfonamides is 1. The molecule has 2 atom stereocenters. The largest absolute Gasteiger partial charge is 0.489 e. The van der Waals surface area contributed by atoms with E-state index >= 15 is 0 Å². The molecule has 0 aliphatic carbocycles. The first-order chi connectivity index (χ1) is 15.4. The van der Waals surface area contributed by atoms with Crippen LogP contribution in [0.25, 0.3) is 10.9 Å². The number of pyridine rings is 1. The van der Waals surface area contributed by atoms with Crippen molar-refractivity contribution in [2.75, 3.05) is 13.1 Å². The summed E-state index contributed by atoms with van der Waals surface area (Å²) in [6.07, 6.45) is 0. The van der Waals surface area contributed by atoms with Crippen molar-refractivity contribution in [1.29, 1.82) is 0 Å². The summed E-state index contributed by atoms with van der Waals surface area (Å²) in [5.41, 5.74) is 4.36. The van der Waals surface area contributed by atoms with Crippen molar-refractivity contribution in [2.45, 2.75) is 24.5 Å². The zero-order valence-electron chi connectivity index (χ0n) is 17.4. The van der Waals surface area contributed by atoms with Crippen LogP contribution in [0.4, 0.5) is 0 Å². The van der Waals surface area contributed by atoms with Gasteiger partial charge < -0.3 is 10.1 Å². The number of hydroxylamine groups is 1. The molecule has 0 bridgehead atoms. The van der Waals surface area contributed by atoms with Gasteiger partial charge in [0, 0.05) is 35.8 Å². The molecule has 0 spiro atoms. The number of benzene rings is 2. The van der Waals surface area contributed by atoms with Crippen molar-refractivity contribution in [3.05, 3.63) is 65.9 Å². The van der Waals surface area contributed by atoms with E-state index in [-0.39, 0.29) is 18.0 Å².